The van der Waals surface area contributed by atoms with Crippen LogP contribution < -0.4 is 4.74 Å². The number of carbonyl (C=O) groups is 1. The number of H-pyrrole nitrogens is 1. The van der Waals surface area contributed by atoms with Crippen molar-refractivity contribution < 1.29 is 9.53 Å². The van der Waals surface area contributed by atoms with Crippen LogP contribution in [0, 0.1) is 0 Å². The van der Waals surface area contributed by atoms with Gasteiger partial charge in [0.1, 0.15) is 11.8 Å². The van der Waals surface area contributed by atoms with Gasteiger partial charge in [0.25, 0.3) is 5.91 Å². The smallest absolute Gasteiger partial charge is 0.316 e. The molecule has 4 rings (SSSR count). The molecule has 0 radical (unpaired) electrons. The van der Waals surface area contributed by atoms with Crippen LogP contribution in [-0.4, -0.2) is 45.0 Å². The zero-order chi connectivity index (χ0) is 17.9. The van der Waals surface area contributed by atoms with Gasteiger partial charge in [-0.25, -0.2) is 9.97 Å². The summed E-state index contributed by atoms with van der Waals surface area (Å²) in [5.74, 6) is 0.0764. The summed E-state index contributed by atoms with van der Waals surface area (Å²) < 4.78 is 5.81. The maximum atomic E-state index is 13.0. The van der Waals surface area contributed by atoms with Crippen LogP contribution in [0.3, 0.4) is 0 Å². The number of aromatic nitrogens is 3. The van der Waals surface area contributed by atoms with Crippen molar-refractivity contribution in [1.82, 2.24) is 19.9 Å². The van der Waals surface area contributed by atoms with E-state index in [0.717, 1.165) is 41.4 Å². The van der Waals surface area contributed by atoms with E-state index < -0.39 is 0 Å². The van der Waals surface area contributed by atoms with Crippen molar-refractivity contribution in [3.8, 4) is 6.01 Å². The van der Waals surface area contributed by atoms with E-state index in [0.29, 0.717) is 19.1 Å². The number of piperidine rings is 1. The third-order valence-corrected chi connectivity index (χ3v) is 4.92. The number of aryl methyl sites for hydroxylation is 1. The van der Waals surface area contributed by atoms with Gasteiger partial charge in [0.05, 0.1) is 0 Å². The van der Waals surface area contributed by atoms with Crippen LogP contribution in [0.2, 0.25) is 0 Å². The molecule has 0 atom stereocenters. The van der Waals surface area contributed by atoms with Crippen molar-refractivity contribution in [2.24, 2.45) is 0 Å². The second-order valence-corrected chi connectivity index (χ2v) is 6.52. The second-order valence-electron chi connectivity index (χ2n) is 6.52. The number of benzene rings is 1. The summed E-state index contributed by atoms with van der Waals surface area (Å²) in [6.07, 6.45) is 5.79. The quantitative estimate of drug-likeness (QED) is 0.784. The number of carbonyl (C=O) groups excluding carboxylic acids is 1. The van der Waals surface area contributed by atoms with Crippen molar-refractivity contribution in [2.45, 2.75) is 32.3 Å². The van der Waals surface area contributed by atoms with Crippen molar-refractivity contribution in [1.29, 1.82) is 0 Å². The highest BCUT2D eigenvalue weighted by molar-refractivity contribution is 6.01. The molecule has 0 saturated carbocycles. The predicted molar refractivity (Wildman–Crippen MR) is 99.3 cm³/mol. The number of ether oxygens (including phenoxy) is 1. The second kappa shape index (κ2) is 7.15. The van der Waals surface area contributed by atoms with Gasteiger partial charge < -0.3 is 14.6 Å². The number of para-hydroxylation sites is 1. The molecule has 1 saturated heterocycles. The van der Waals surface area contributed by atoms with Gasteiger partial charge in [-0.1, -0.05) is 25.1 Å². The van der Waals surface area contributed by atoms with Crippen molar-refractivity contribution in [3.05, 3.63) is 54.0 Å². The lowest BCUT2D eigenvalue weighted by atomic mass is 10.0. The number of rotatable bonds is 4. The molecule has 1 fully saturated rings. The summed E-state index contributed by atoms with van der Waals surface area (Å²) in [6, 6.07) is 10.3. The maximum absolute atomic E-state index is 13.0. The Morgan fingerprint density at radius 3 is 2.65 bits per heavy atom. The first-order chi connectivity index (χ1) is 12.8. The number of hydrogen-bond acceptors (Lipinski definition) is 4. The van der Waals surface area contributed by atoms with E-state index in [4.69, 9.17) is 4.74 Å². The fourth-order valence-corrected chi connectivity index (χ4v) is 3.58. The SMILES string of the molecule is CCc1c(C(=O)N2CCC(Oc3ncccn3)CC2)[nH]c2ccccc12. The van der Waals surface area contributed by atoms with Crippen LogP contribution in [-0.2, 0) is 6.42 Å². The Balaban J connectivity index is 1.45. The summed E-state index contributed by atoms with van der Waals surface area (Å²) in [5.41, 5.74) is 2.84. The highest BCUT2D eigenvalue weighted by Crippen LogP contribution is 2.25. The first kappa shape index (κ1) is 16.6. The van der Waals surface area contributed by atoms with Gasteiger partial charge in [0.2, 0.25) is 0 Å². The van der Waals surface area contributed by atoms with Gasteiger partial charge in [-0.05, 0) is 24.1 Å². The van der Waals surface area contributed by atoms with Gasteiger partial charge in [-0.3, -0.25) is 4.79 Å². The van der Waals surface area contributed by atoms with E-state index in [1.54, 1.807) is 18.5 Å². The summed E-state index contributed by atoms with van der Waals surface area (Å²) in [4.78, 5) is 26.5. The molecule has 1 N–H and O–H groups in total. The first-order valence-corrected chi connectivity index (χ1v) is 9.08. The molecule has 1 aliphatic heterocycles. The number of hydrogen-bond donors (Lipinski definition) is 1. The van der Waals surface area contributed by atoms with E-state index in [2.05, 4.69) is 27.9 Å². The number of nitrogens with one attached hydrogen (secondary N) is 1. The van der Waals surface area contributed by atoms with E-state index in [1.165, 1.54) is 0 Å². The highest BCUT2D eigenvalue weighted by atomic mass is 16.5. The van der Waals surface area contributed by atoms with E-state index >= 15 is 0 Å². The molecular formula is C20H22N4O2. The molecule has 0 spiro atoms. The molecule has 26 heavy (non-hydrogen) atoms. The third-order valence-electron chi connectivity index (χ3n) is 4.92. The van der Waals surface area contributed by atoms with Crippen molar-refractivity contribution in [3.63, 3.8) is 0 Å². The summed E-state index contributed by atoms with van der Waals surface area (Å²) >= 11 is 0. The Morgan fingerprint density at radius 1 is 1.19 bits per heavy atom. The summed E-state index contributed by atoms with van der Waals surface area (Å²) in [5, 5.41) is 1.14. The van der Waals surface area contributed by atoms with Crippen LogP contribution in [0.1, 0.15) is 35.8 Å². The van der Waals surface area contributed by atoms with Gasteiger partial charge in [0.15, 0.2) is 0 Å². The van der Waals surface area contributed by atoms with Crippen LogP contribution in [0.4, 0.5) is 0 Å². The maximum Gasteiger partial charge on any atom is 0.316 e. The lowest BCUT2D eigenvalue weighted by Gasteiger charge is -2.31. The summed E-state index contributed by atoms with van der Waals surface area (Å²) in [6.45, 7) is 3.44. The predicted octanol–water partition coefficient (Wildman–Crippen LogP) is 3.20. The average Bonchev–Trinajstić information content (AvgIpc) is 3.07. The lowest BCUT2D eigenvalue weighted by Crippen LogP contribution is -2.42. The fourth-order valence-electron chi connectivity index (χ4n) is 3.58. The standard InChI is InChI=1S/C20H22N4O2/c1-2-15-16-6-3-4-7-17(16)23-18(15)19(25)24-12-8-14(9-13-24)26-20-21-10-5-11-22-20/h3-7,10-11,14,23H,2,8-9,12-13H2,1H3. The van der Waals surface area contributed by atoms with Gasteiger partial charge in [-0.15, -0.1) is 0 Å². The Kier molecular flexibility index (Phi) is 4.56. The monoisotopic (exact) mass is 350 g/mol. The average molecular weight is 350 g/mol. The topological polar surface area (TPSA) is 71.1 Å². The minimum absolute atomic E-state index is 0.0507. The Bertz CT molecular complexity index is 899. The third kappa shape index (κ3) is 3.14. The largest absolute Gasteiger partial charge is 0.460 e. The van der Waals surface area contributed by atoms with Crippen LogP contribution in [0.15, 0.2) is 42.7 Å². The van der Waals surface area contributed by atoms with E-state index in [-0.39, 0.29) is 12.0 Å². The van der Waals surface area contributed by atoms with Crippen LogP contribution >= 0.6 is 0 Å². The lowest BCUT2D eigenvalue weighted by molar-refractivity contribution is 0.0573. The molecule has 3 aromatic rings. The minimum Gasteiger partial charge on any atom is -0.460 e. The number of aromatic amines is 1. The number of nitrogens with zero attached hydrogens (tertiary/aromatic N) is 3. The Morgan fingerprint density at radius 2 is 1.92 bits per heavy atom. The molecule has 6 nitrogen and oxygen atoms in total. The normalized spacial score (nSPS) is 15.3. The fraction of sp³-hybridized carbons (Fsp3) is 0.350. The molecule has 0 aliphatic carbocycles. The van der Waals surface area contributed by atoms with Gasteiger partial charge in [-0.2, -0.15) is 0 Å². The molecule has 1 aromatic carbocycles. The van der Waals surface area contributed by atoms with Crippen molar-refractivity contribution in [2.75, 3.05) is 13.1 Å². The zero-order valence-electron chi connectivity index (χ0n) is 14.8. The highest BCUT2D eigenvalue weighted by Gasteiger charge is 2.27. The van der Waals surface area contributed by atoms with Gasteiger partial charge >= 0.3 is 6.01 Å². The zero-order valence-corrected chi connectivity index (χ0v) is 14.8. The number of amides is 1. The summed E-state index contributed by atoms with van der Waals surface area (Å²) in [7, 11) is 0. The molecule has 0 bridgehead atoms. The minimum atomic E-state index is 0.0507. The molecule has 1 amide bonds. The molecule has 3 heterocycles. The van der Waals surface area contributed by atoms with E-state index in [9.17, 15) is 4.79 Å². The first-order valence-electron chi connectivity index (χ1n) is 9.08. The molecule has 134 valence electrons. The van der Waals surface area contributed by atoms with Crippen LogP contribution in [0.5, 0.6) is 6.01 Å². The molecule has 0 unspecified atom stereocenters. The molecule has 2 aromatic heterocycles. The van der Waals surface area contributed by atoms with E-state index in [1.807, 2.05) is 23.1 Å². The number of likely N-dealkylation sites (tertiary alicyclic amines) is 1. The van der Waals surface area contributed by atoms with Gasteiger partial charge in [0, 0.05) is 49.2 Å². The molecular weight excluding hydrogens is 328 g/mol. The molecule has 1 aliphatic rings. The number of fused-ring (bicyclic) bond motifs is 1. The Labute approximate surface area is 152 Å². The van der Waals surface area contributed by atoms with Crippen LogP contribution in [0.25, 0.3) is 10.9 Å². The molecule has 6 heteroatoms. The van der Waals surface area contributed by atoms with Crippen molar-refractivity contribution >= 4 is 16.8 Å². The Hall–Kier alpha value is -2.89.